The molecule has 0 unspecified atom stereocenters. The van der Waals surface area contributed by atoms with Crippen LogP contribution in [0.1, 0.15) is 40.6 Å². The largest absolute Gasteiger partial charge is 0.438 e. The number of aryl methyl sites for hydroxylation is 1. The SMILES string of the molecule is CNS(=O)(=O)c1ccc(C(=O)N(C)[C@H]2CCCc3ccccc32)o1. The Morgan fingerprint density at radius 3 is 2.75 bits per heavy atom. The van der Waals surface area contributed by atoms with Gasteiger partial charge in [0, 0.05) is 7.05 Å². The van der Waals surface area contributed by atoms with E-state index in [1.165, 1.54) is 24.7 Å². The van der Waals surface area contributed by atoms with Crippen LogP contribution in [0.15, 0.2) is 45.9 Å². The Balaban J connectivity index is 1.86. The van der Waals surface area contributed by atoms with Gasteiger partial charge in [-0.2, -0.15) is 0 Å². The maximum absolute atomic E-state index is 12.7. The number of rotatable bonds is 4. The maximum Gasteiger partial charge on any atom is 0.289 e. The summed E-state index contributed by atoms with van der Waals surface area (Å²) in [5.74, 6) is -0.302. The molecule has 1 atom stereocenters. The second-order valence-corrected chi connectivity index (χ2v) is 7.67. The predicted molar refractivity (Wildman–Crippen MR) is 89.2 cm³/mol. The number of benzene rings is 1. The molecular formula is C17H20N2O4S. The number of hydrogen-bond acceptors (Lipinski definition) is 4. The predicted octanol–water partition coefficient (Wildman–Crippen LogP) is 2.34. The number of nitrogens with zero attached hydrogens (tertiary/aromatic N) is 1. The smallest absolute Gasteiger partial charge is 0.289 e. The first-order valence-corrected chi connectivity index (χ1v) is 9.30. The summed E-state index contributed by atoms with van der Waals surface area (Å²) in [6.07, 6.45) is 2.90. The Hall–Kier alpha value is -2.12. The van der Waals surface area contributed by atoms with Crippen LogP contribution in [0.5, 0.6) is 0 Å². The molecule has 1 aromatic heterocycles. The van der Waals surface area contributed by atoms with Crippen LogP contribution in [0, 0.1) is 0 Å². The highest BCUT2D eigenvalue weighted by atomic mass is 32.2. The third-order valence-electron chi connectivity index (χ3n) is 4.45. The van der Waals surface area contributed by atoms with Gasteiger partial charge in [0.2, 0.25) is 5.09 Å². The molecule has 0 aliphatic heterocycles. The minimum absolute atomic E-state index is 0.0226. The fraction of sp³-hybridized carbons (Fsp3) is 0.353. The molecule has 0 spiro atoms. The lowest BCUT2D eigenvalue weighted by molar-refractivity contribution is 0.0677. The fourth-order valence-corrected chi connectivity index (χ4v) is 3.77. The normalized spacial score (nSPS) is 17.3. The van der Waals surface area contributed by atoms with Crippen LogP contribution in [0.4, 0.5) is 0 Å². The molecule has 2 aromatic rings. The molecule has 1 amide bonds. The summed E-state index contributed by atoms with van der Waals surface area (Å²) in [5.41, 5.74) is 2.40. The first kappa shape index (κ1) is 16.7. The molecule has 7 heteroatoms. The number of sulfonamides is 1. The minimum Gasteiger partial charge on any atom is -0.438 e. The van der Waals surface area contributed by atoms with E-state index in [-0.39, 0.29) is 22.8 Å². The van der Waals surface area contributed by atoms with Crippen LogP contribution in [0.2, 0.25) is 0 Å². The van der Waals surface area contributed by atoms with Gasteiger partial charge < -0.3 is 9.32 Å². The molecule has 1 aliphatic carbocycles. The topological polar surface area (TPSA) is 79.6 Å². The van der Waals surface area contributed by atoms with Crippen molar-refractivity contribution in [3.63, 3.8) is 0 Å². The highest BCUT2D eigenvalue weighted by Crippen LogP contribution is 2.34. The van der Waals surface area contributed by atoms with Crippen molar-refractivity contribution in [1.29, 1.82) is 0 Å². The summed E-state index contributed by atoms with van der Waals surface area (Å²) >= 11 is 0. The van der Waals surface area contributed by atoms with Gasteiger partial charge in [-0.15, -0.1) is 0 Å². The first-order chi connectivity index (χ1) is 11.4. The molecule has 1 aromatic carbocycles. The number of carbonyl (C=O) groups is 1. The average molecular weight is 348 g/mol. The molecule has 0 saturated carbocycles. The molecule has 1 N–H and O–H groups in total. The van der Waals surface area contributed by atoms with Crippen molar-refractivity contribution in [3.8, 4) is 0 Å². The van der Waals surface area contributed by atoms with Gasteiger partial charge in [0.25, 0.3) is 15.9 Å². The summed E-state index contributed by atoms with van der Waals surface area (Å²) in [5, 5.41) is -0.259. The number of hydrogen-bond donors (Lipinski definition) is 1. The van der Waals surface area contributed by atoms with Crippen molar-refractivity contribution in [1.82, 2.24) is 9.62 Å². The van der Waals surface area contributed by atoms with E-state index in [4.69, 9.17) is 4.42 Å². The molecule has 0 fully saturated rings. The Labute approximate surface area is 141 Å². The molecule has 0 saturated heterocycles. The summed E-state index contributed by atoms with van der Waals surface area (Å²) in [6.45, 7) is 0. The standard InChI is InChI=1S/C17H20N2O4S/c1-18-24(21,22)16-11-10-15(23-16)17(20)19(2)14-9-5-7-12-6-3-4-8-13(12)14/h3-4,6,8,10-11,14,18H,5,7,9H2,1-2H3/t14-/m0/s1. The lowest BCUT2D eigenvalue weighted by Crippen LogP contribution is -2.33. The van der Waals surface area contributed by atoms with Crippen LogP contribution in [-0.2, 0) is 16.4 Å². The van der Waals surface area contributed by atoms with E-state index in [1.54, 1.807) is 11.9 Å². The van der Waals surface area contributed by atoms with Gasteiger partial charge >= 0.3 is 0 Å². The van der Waals surface area contributed by atoms with Crippen molar-refractivity contribution in [2.24, 2.45) is 0 Å². The van der Waals surface area contributed by atoms with Crippen LogP contribution in [-0.4, -0.2) is 33.3 Å². The summed E-state index contributed by atoms with van der Waals surface area (Å²) in [6, 6.07) is 10.8. The van der Waals surface area contributed by atoms with E-state index >= 15 is 0 Å². The Bertz CT molecular complexity index is 857. The van der Waals surface area contributed by atoms with Crippen molar-refractivity contribution in [2.75, 3.05) is 14.1 Å². The summed E-state index contributed by atoms with van der Waals surface area (Å²) in [7, 11) is -0.675. The van der Waals surface area contributed by atoms with Crippen molar-refractivity contribution in [3.05, 3.63) is 53.3 Å². The molecule has 0 radical (unpaired) electrons. The van der Waals surface area contributed by atoms with Crippen molar-refractivity contribution in [2.45, 2.75) is 30.4 Å². The van der Waals surface area contributed by atoms with E-state index in [2.05, 4.69) is 10.8 Å². The maximum atomic E-state index is 12.7. The van der Waals surface area contributed by atoms with E-state index in [9.17, 15) is 13.2 Å². The number of carbonyl (C=O) groups excluding carboxylic acids is 1. The molecule has 6 nitrogen and oxygen atoms in total. The number of amides is 1. The Morgan fingerprint density at radius 2 is 2.00 bits per heavy atom. The fourth-order valence-electron chi connectivity index (χ4n) is 3.13. The van der Waals surface area contributed by atoms with Gasteiger partial charge in [-0.25, -0.2) is 13.1 Å². The van der Waals surface area contributed by atoms with Crippen LogP contribution >= 0.6 is 0 Å². The number of nitrogens with one attached hydrogen (secondary N) is 1. The molecular weight excluding hydrogens is 328 g/mol. The molecule has 24 heavy (non-hydrogen) atoms. The van der Waals surface area contributed by atoms with Crippen molar-refractivity contribution >= 4 is 15.9 Å². The molecule has 1 heterocycles. The Morgan fingerprint density at radius 1 is 1.25 bits per heavy atom. The van der Waals surface area contributed by atoms with E-state index in [0.717, 1.165) is 24.8 Å². The Kier molecular flexibility index (Phi) is 4.47. The van der Waals surface area contributed by atoms with E-state index < -0.39 is 10.0 Å². The molecule has 0 bridgehead atoms. The van der Waals surface area contributed by atoms with E-state index in [0.29, 0.717) is 0 Å². The first-order valence-electron chi connectivity index (χ1n) is 7.82. The third kappa shape index (κ3) is 2.97. The summed E-state index contributed by atoms with van der Waals surface area (Å²) < 4.78 is 30.9. The lowest BCUT2D eigenvalue weighted by Gasteiger charge is -2.32. The molecule has 1 aliphatic rings. The summed E-state index contributed by atoms with van der Waals surface area (Å²) in [4.78, 5) is 14.3. The average Bonchev–Trinajstić information content (AvgIpc) is 3.11. The zero-order chi connectivity index (χ0) is 17.3. The van der Waals surface area contributed by atoms with Crippen LogP contribution < -0.4 is 4.72 Å². The quantitative estimate of drug-likeness (QED) is 0.920. The zero-order valence-corrected chi connectivity index (χ0v) is 14.5. The zero-order valence-electron chi connectivity index (χ0n) is 13.7. The van der Waals surface area contributed by atoms with E-state index in [1.807, 2.05) is 18.2 Å². The van der Waals surface area contributed by atoms with Gasteiger partial charge in [0.05, 0.1) is 6.04 Å². The van der Waals surface area contributed by atoms with Gasteiger partial charge in [-0.1, -0.05) is 24.3 Å². The highest BCUT2D eigenvalue weighted by Gasteiger charge is 2.29. The van der Waals surface area contributed by atoms with Crippen molar-refractivity contribution < 1.29 is 17.6 Å². The van der Waals surface area contributed by atoms with Gasteiger partial charge in [-0.3, -0.25) is 4.79 Å². The second-order valence-electron chi connectivity index (χ2n) is 5.85. The van der Waals surface area contributed by atoms with Gasteiger partial charge in [-0.05, 0) is 49.6 Å². The highest BCUT2D eigenvalue weighted by molar-refractivity contribution is 7.89. The third-order valence-corrected chi connectivity index (χ3v) is 5.74. The lowest BCUT2D eigenvalue weighted by atomic mass is 9.87. The molecule has 128 valence electrons. The number of furan rings is 1. The van der Waals surface area contributed by atoms with Crippen LogP contribution in [0.25, 0.3) is 0 Å². The van der Waals surface area contributed by atoms with Crippen LogP contribution in [0.3, 0.4) is 0 Å². The second kappa shape index (κ2) is 6.41. The monoisotopic (exact) mass is 348 g/mol. The molecule has 3 rings (SSSR count). The van der Waals surface area contributed by atoms with Gasteiger partial charge in [0.15, 0.2) is 5.76 Å². The minimum atomic E-state index is -3.70. The van der Waals surface area contributed by atoms with Gasteiger partial charge in [0.1, 0.15) is 0 Å². The number of fused-ring (bicyclic) bond motifs is 1.